The molecule has 1 atom stereocenters. The molecule has 2 heteroatoms. The van der Waals surface area contributed by atoms with Crippen LogP contribution in [0.25, 0.3) is 0 Å². The average molecular weight is 273 g/mol. The maximum absolute atomic E-state index is 3.68. The molecule has 1 N–H and O–H groups in total. The van der Waals surface area contributed by atoms with Gasteiger partial charge < -0.3 is 5.32 Å². The van der Waals surface area contributed by atoms with E-state index in [1.807, 2.05) is 11.3 Å². The van der Waals surface area contributed by atoms with E-state index in [9.17, 15) is 0 Å². The van der Waals surface area contributed by atoms with Crippen LogP contribution in [0, 0.1) is 34.6 Å². The van der Waals surface area contributed by atoms with Gasteiger partial charge in [0, 0.05) is 21.5 Å². The predicted molar refractivity (Wildman–Crippen MR) is 86.5 cm³/mol. The molecule has 0 saturated heterocycles. The normalized spacial score (nSPS) is 12.5. The van der Waals surface area contributed by atoms with Crippen LogP contribution in [-0.4, -0.2) is 0 Å². The molecule has 19 heavy (non-hydrogen) atoms. The lowest BCUT2D eigenvalue weighted by Gasteiger charge is -2.20. The van der Waals surface area contributed by atoms with Crippen molar-refractivity contribution in [3.63, 3.8) is 0 Å². The van der Waals surface area contributed by atoms with Crippen molar-refractivity contribution >= 4 is 17.0 Å². The number of hydrogen-bond donors (Lipinski definition) is 1. The molecule has 0 aliphatic heterocycles. The van der Waals surface area contributed by atoms with Crippen molar-refractivity contribution in [2.45, 2.75) is 47.6 Å². The molecule has 102 valence electrons. The molecule has 0 saturated carbocycles. The maximum Gasteiger partial charge on any atom is 0.0496 e. The Morgan fingerprint density at radius 3 is 2.00 bits per heavy atom. The zero-order valence-electron chi connectivity index (χ0n) is 12.7. The minimum atomic E-state index is 0.352. The summed E-state index contributed by atoms with van der Waals surface area (Å²) in [5, 5.41) is 3.68. The lowest BCUT2D eigenvalue weighted by atomic mass is 10.0. The van der Waals surface area contributed by atoms with Crippen LogP contribution < -0.4 is 5.32 Å². The Bertz CT molecular complexity index is 572. The van der Waals surface area contributed by atoms with E-state index in [-0.39, 0.29) is 0 Å². The highest BCUT2D eigenvalue weighted by molar-refractivity contribution is 7.12. The highest BCUT2D eigenvalue weighted by Crippen LogP contribution is 2.31. The second-order valence-electron chi connectivity index (χ2n) is 5.51. The first-order valence-electron chi connectivity index (χ1n) is 6.79. The van der Waals surface area contributed by atoms with Gasteiger partial charge in [0.1, 0.15) is 0 Å². The first-order chi connectivity index (χ1) is 8.88. The molecule has 1 aromatic carbocycles. The van der Waals surface area contributed by atoms with Crippen LogP contribution in [0.2, 0.25) is 0 Å². The molecule has 0 amide bonds. The van der Waals surface area contributed by atoms with Crippen molar-refractivity contribution < 1.29 is 0 Å². The third-order valence-corrected chi connectivity index (χ3v) is 4.57. The molecule has 1 heterocycles. The molecule has 0 aliphatic rings. The van der Waals surface area contributed by atoms with Gasteiger partial charge in [-0.3, -0.25) is 0 Å². The van der Waals surface area contributed by atoms with Crippen molar-refractivity contribution in [1.82, 2.24) is 0 Å². The Kier molecular flexibility index (Phi) is 4.00. The number of thiophene rings is 1. The molecule has 2 rings (SSSR count). The molecule has 0 fully saturated rings. The van der Waals surface area contributed by atoms with E-state index in [0.717, 1.165) is 0 Å². The minimum Gasteiger partial charge on any atom is -0.378 e. The minimum absolute atomic E-state index is 0.352. The van der Waals surface area contributed by atoms with Gasteiger partial charge in [-0.1, -0.05) is 17.7 Å². The molecule has 0 aliphatic carbocycles. The van der Waals surface area contributed by atoms with Gasteiger partial charge in [0.25, 0.3) is 0 Å². The van der Waals surface area contributed by atoms with Crippen molar-refractivity contribution in [3.05, 3.63) is 50.2 Å². The summed E-state index contributed by atoms with van der Waals surface area (Å²) in [5.74, 6) is 0. The topological polar surface area (TPSA) is 12.0 Å². The highest BCUT2D eigenvalue weighted by Gasteiger charge is 2.13. The molecule has 1 unspecified atom stereocenters. The fourth-order valence-electron chi connectivity index (χ4n) is 2.78. The number of hydrogen-bond acceptors (Lipinski definition) is 2. The monoisotopic (exact) mass is 273 g/mol. The largest absolute Gasteiger partial charge is 0.378 e. The van der Waals surface area contributed by atoms with E-state index in [1.165, 1.54) is 37.7 Å². The summed E-state index contributed by atoms with van der Waals surface area (Å²) in [6.07, 6.45) is 0. The Hall–Kier alpha value is -1.28. The number of anilines is 1. The molecule has 0 spiro atoms. The predicted octanol–water partition coefficient (Wildman–Crippen LogP) is 5.46. The van der Waals surface area contributed by atoms with Gasteiger partial charge in [-0.2, -0.15) is 0 Å². The average Bonchev–Trinajstić information content (AvgIpc) is 2.62. The molecule has 1 nitrogen and oxygen atoms in total. The first-order valence-corrected chi connectivity index (χ1v) is 7.61. The van der Waals surface area contributed by atoms with E-state index >= 15 is 0 Å². The van der Waals surface area contributed by atoms with E-state index < -0.39 is 0 Å². The number of benzene rings is 1. The highest BCUT2D eigenvalue weighted by atomic mass is 32.1. The summed E-state index contributed by atoms with van der Waals surface area (Å²) in [4.78, 5) is 2.80. The number of nitrogens with one attached hydrogen (secondary N) is 1. The van der Waals surface area contributed by atoms with Crippen molar-refractivity contribution in [2.24, 2.45) is 0 Å². The quantitative estimate of drug-likeness (QED) is 0.782. The molecular weight excluding hydrogens is 250 g/mol. The fraction of sp³-hybridized carbons (Fsp3) is 0.412. The summed E-state index contributed by atoms with van der Waals surface area (Å²) < 4.78 is 0. The Morgan fingerprint density at radius 1 is 0.947 bits per heavy atom. The van der Waals surface area contributed by atoms with Gasteiger partial charge >= 0.3 is 0 Å². The molecule has 0 bridgehead atoms. The molecule has 0 radical (unpaired) electrons. The third kappa shape index (κ3) is 3.01. The molecule has 2 aromatic rings. The Labute approximate surface area is 120 Å². The van der Waals surface area contributed by atoms with E-state index in [1.54, 1.807) is 0 Å². The van der Waals surface area contributed by atoms with Gasteiger partial charge in [-0.05, 0) is 64.3 Å². The van der Waals surface area contributed by atoms with Crippen LogP contribution in [0.4, 0.5) is 5.69 Å². The maximum atomic E-state index is 3.68. The first kappa shape index (κ1) is 14.1. The third-order valence-electron chi connectivity index (χ3n) is 3.58. The van der Waals surface area contributed by atoms with Gasteiger partial charge in [0.05, 0.1) is 0 Å². The summed E-state index contributed by atoms with van der Waals surface area (Å²) in [7, 11) is 0. The summed E-state index contributed by atoms with van der Waals surface area (Å²) in [6, 6.07) is 7.14. The van der Waals surface area contributed by atoms with E-state index in [0.29, 0.717) is 6.04 Å². The van der Waals surface area contributed by atoms with Crippen LogP contribution in [0.15, 0.2) is 18.2 Å². The van der Waals surface area contributed by atoms with Crippen LogP contribution >= 0.6 is 11.3 Å². The fourth-order valence-corrected chi connectivity index (χ4v) is 3.80. The zero-order valence-corrected chi connectivity index (χ0v) is 13.5. The van der Waals surface area contributed by atoms with Crippen molar-refractivity contribution in [2.75, 3.05) is 5.32 Å². The molecular formula is C17H23NS. The van der Waals surface area contributed by atoms with Gasteiger partial charge in [-0.25, -0.2) is 0 Å². The number of aryl methyl sites for hydroxylation is 5. The van der Waals surface area contributed by atoms with E-state index in [4.69, 9.17) is 0 Å². The van der Waals surface area contributed by atoms with Crippen LogP contribution in [-0.2, 0) is 0 Å². The van der Waals surface area contributed by atoms with E-state index in [2.05, 4.69) is 65.1 Å². The Morgan fingerprint density at radius 2 is 1.53 bits per heavy atom. The molecule has 1 aromatic heterocycles. The zero-order chi connectivity index (χ0) is 14.2. The van der Waals surface area contributed by atoms with Crippen LogP contribution in [0.5, 0.6) is 0 Å². The van der Waals surface area contributed by atoms with Crippen molar-refractivity contribution in [3.8, 4) is 0 Å². The SMILES string of the molecule is Cc1cc(C)c(NC(C)c2cc(C)sc2C)c(C)c1. The second-order valence-corrected chi connectivity index (χ2v) is 6.97. The summed E-state index contributed by atoms with van der Waals surface area (Å²) >= 11 is 1.88. The van der Waals surface area contributed by atoms with Crippen molar-refractivity contribution in [1.29, 1.82) is 0 Å². The van der Waals surface area contributed by atoms with Crippen LogP contribution in [0.3, 0.4) is 0 Å². The smallest absolute Gasteiger partial charge is 0.0496 e. The van der Waals surface area contributed by atoms with Gasteiger partial charge in [-0.15, -0.1) is 11.3 Å². The summed E-state index contributed by atoms with van der Waals surface area (Å²) in [5.41, 5.74) is 6.68. The lowest BCUT2D eigenvalue weighted by Crippen LogP contribution is -2.09. The Balaban J connectivity index is 2.29. The van der Waals surface area contributed by atoms with Crippen LogP contribution in [0.1, 0.15) is 45.0 Å². The lowest BCUT2D eigenvalue weighted by molar-refractivity contribution is 0.877. The summed E-state index contributed by atoms with van der Waals surface area (Å²) in [6.45, 7) is 13.1. The number of rotatable bonds is 3. The van der Waals surface area contributed by atoms with Gasteiger partial charge in [0.15, 0.2) is 0 Å². The second kappa shape index (κ2) is 5.38. The van der Waals surface area contributed by atoms with Gasteiger partial charge in [0.2, 0.25) is 0 Å². The standard InChI is InChI=1S/C17H23NS/c1-10-7-11(2)17(12(3)8-10)18-14(5)16-9-13(4)19-15(16)6/h7-9,14,18H,1-6H3.